The summed E-state index contributed by atoms with van der Waals surface area (Å²) in [6.45, 7) is 1.58. The minimum atomic E-state index is -3.77. The van der Waals surface area contributed by atoms with Gasteiger partial charge in [0, 0.05) is 24.3 Å². The molecule has 0 radical (unpaired) electrons. The maximum absolute atomic E-state index is 13.4. The van der Waals surface area contributed by atoms with Gasteiger partial charge in [-0.25, -0.2) is 12.8 Å². The smallest absolute Gasteiger partial charge is 0.297 e. The number of ether oxygens (including phenoxy) is 3. The highest BCUT2D eigenvalue weighted by molar-refractivity contribution is 7.89. The van der Waals surface area contributed by atoms with Crippen LogP contribution in [0.5, 0.6) is 0 Å². The molecule has 0 saturated carbocycles. The standard InChI is InChI=1S/C20H19FN2O6S/c21-14-1-3-15(4-2-14)23-18-6-5-16(30(25,26)22-7-9-27-10-8-22)13-17(18)20(19(23)24)28-11-12-29-20/h1-6,13H,7-12H2. The van der Waals surface area contributed by atoms with Crippen LogP contribution in [0.25, 0.3) is 0 Å². The summed E-state index contributed by atoms with van der Waals surface area (Å²) in [6, 6.07) is 9.91. The molecule has 3 aliphatic rings. The fraction of sp³-hybridized carbons (Fsp3) is 0.350. The number of anilines is 2. The summed E-state index contributed by atoms with van der Waals surface area (Å²) in [6.07, 6.45) is 0. The molecule has 1 amide bonds. The van der Waals surface area contributed by atoms with Crippen molar-refractivity contribution in [2.75, 3.05) is 44.4 Å². The Hall–Kier alpha value is -2.37. The van der Waals surface area contributed by atoms with Crippen LogP contribution in [-0.2, 0) is 34.8 Å². The summed E-state index contributed by atoms with van der Waals surface area (Å²) in [5, 5.41) is 0. The van der Waals surface area contributed by atoms with Crippen molar-refractivity contribution in [2.24, 2.45) is 0 Å². The first-order valence-corrected chi connectivity index (χ1v) is 11.0. The molecule has 3 aliphatic heterocycles. The zero-order valence-corrected chi connectivity index (χ0v) is 16.7. The van der Waals surface area contributed by atoms with E-state index >= 15 is 0 Å². The minimum absolute atomic E-state index is 0.0513. The third kappa shape index (κ3) is 2.87. The molecule has 0 atom stereocenters. The average Bonchev–Trinajstić information content (AvgIpc) is 3.35. The van der Waals surface area contributed by atoms with Crippen molar-refractivity contribution in [2.45, 2.75) is 10.7 Å². The van der Waals surface area contributed by atoms with Crippen molar-refractivity contribution in [1.82, 2.24) is 4.31 Å². The van der Waals surface area contributed by atoms with Crippen molar-refractivity contribution in [1.29, 1.82) is 0 Å². The molecule has 1 spiro atoms. The summed E-state index contributed by atoms with van der Waals surface area (Å²) >= 11 is 0. The van der Waals surface area contributed by atoms with Gasteiger partial charge in [0.25, 0.3) is 11.7 Å². The molecule has 2 saturated heterocycles. The number of hydrogen-bond acceptors (Lipinski definition) is 6. The number of rotatable bonds is 3. The number of halogens is 1. The average molecular weight is 434 g/mol. The van der Waals surface area contributed by atoms with Gasteiger partial charge in [-0.3, -0.25) is 9.69 Å². The summed E-state index contributed by atoms with van der Waals surface area (Å²) in [5.41, 5.74) is 1.19. The third-order valence-electron chi connectivity index (χ3n) is 5.43. The van der Waals surface area contributed by atoms with E-state index in [1.54, 1.807) is 6.07 Å². The fourth-order valence-corrected chi connectivity index (χ4v) is 5.41. The lowest BCUT2D eigenvalue weighted by molar-refractivity contribution is -0.180. The Balaban J connectivity index is 1.62. The van der Waals surface area contributed by atoms with Crippen LogP contribution in [0, 0.1) is 5.82 Å². The number of morpholine rings is 1. The number of nitrogens with zero attached hydrogens (tertiary/aromatic N) is 2. The van der Waals surface area contributed by atoms with Crippen molar-refractivity contribution in [3.63, 3.8) is 0 Å². The summed E-state index contributed by atoms with van der Waals surface area (Å²) in [7, 11) is -3.77. The van der Waals surface area contributed by atoms with E-state index in [2.05, 4.69) is 0 Å². The van der Waals surface area contributed by atoms with E-state index in [0.717, 1.165) is 0 Å². The summed E-state index contributed by atoms with van der Waals surface area (Å²) in [5.74, 6) is -2.64. The van der Waals surface area contributed by atoms with Gasteiger partial charge < -0.3 is 14.2 Å². The third-order valence-corrected chi connectivity index (χ3v) is 7.33. The predicted octanol–water partition coefficient (Wildman–Crippen LogP) is 1.72. The monoisotopic (exact) mass is 434 g/mol. The Morgan fingerprint density at radius 2 is 1.60 bits per heavy atom. The normalized spacial score (nSPS) is 21.4. The molecule has 30 heavy (non-hydrogen) atoms. The van der Waals surface area contributed by atoms with Crippen LogP contribution < -0.4 is 4.90 Å². The number of hydrogen-bond donors (Lipinski definition) is 0. The molecule has 2 aromatic rings. The fourth-order valence-electron chi connectivity index (χ4n) is 3.98. The van der Waals surface area contributed by atoms with Gasteiger partial charge in [0.15, 0.2) is 0 Å². The Kier molecular flexibility index (Phi) is 4.64. The van der Waals surface area contributed by atoms with Crippen LogP contribution >= 0.6 is 0 Å². The van der Waals surface area contributed by atoms with Gasteiger partial charge in [0.1, 0.15) is 5.82 Å². The van der Waals surface area contributed by atoms with Crippen LogP contribution in [0.1, 0.15) is 5.56 Å². The number of benzene rings is 2. The number of fused-ring (bicyclic) bond motifs is 2. The molecule has 3 heterocycles. The molecule has 5 rings (SSSR count). The number of amides is 1. The second-order valence-corrected chi connectivity index (χ2v) is 9.06. The molecular formula is C20H19FN2O6S. The lowest BCUT2D eigenvalue weighted by atomic mass is 10.1. The quantitative estimate of drug-likeness (QED) is 0.732. The van der Waals surface area contributed by atoms with Crippen molar-refractivity contribution < 1.29 is 31.8 Å². The van der Waals surface area contributed by atoms with Crippen LogP contribution in [-0.4, -0.2) is 58.1 Å². The highest BCUT2D eigenvalue weighted by atomic mass is 32.2. The second-order valence-electron chi connectivity index (χ2n) is 7.13. The Labute approximate surface area is 172 Å². The largest absolute Gasteiger partial charge is 0.379 e. The maximum atomic E-state index is 13.4. The summed E-state index contributed by atoms with van der Waals surface area (Å²) in [4.78, 5) is 14.8. The van der Waals surface area contributed by atoms with E-state index in [0.29, 0.717) is 30.2 Å². The zero-order valence-electron chi connectivity index (χ0n) is 15.9. The molecule has 0 unspecified atom stereocenters. The molecule has 2 fully saturated rings. The van der Waals surface area contributed by atoms with E-state index in [1.165, 1.54) is 45.6 Å². The molecular weight excluding hydrogens is 415 g/mol. The van der Waals surface area contributed by atoms with Gasteiger partial charge in [0.05, 0.1) is 37.0 Å². The first-order chi connectivity index (χ1) is 14.4. The maximum Gasteiger partial charge on any atom is 0.297 e. The Morgan fingerprint density at radius 3 is 2.27 bits per heavy atom. The van der Waals surface area contributed by atoms with Gasteiger partial charge in [-0.2, -0.15) is 4.31 Å². The van der Waals surface area contributed by atoms with E-state index in [1.807, 2.05) is 0 Å². The van der Waals surface area contributed by atoms with Crippen molar-refractivity contribution in [3.05, 3.63) is 53.8 Å². The van der Waals surface area contributed by atoms with Crippen molar-refractivity contribution in [3.8, 4) is 0 Å². The highest BCUT2D eigenvalue weighted by Gasteiger charge is 2.57. The number of carbonyl (C=O) groups excluding carboxylic acids is 1. The van der Waals surface area contributed by atoms with Gasteiger partial charge in [-0.05, 0) is 42.5 Å². The molecule has 158 valence electrons. The molecule has 0 aliphatic carbocycles. The molecule has 0 N–H and O–H groups in total. The zero-order chi connectivity index (χ0) is 20.9. The molecule has 10 heteroatoms. The van der Waals surface area contributed by atoms with Crippen LogP contribution in [0.3, 0.4) is 0 Å². The number of carbonyl (C=O) groups is 1. The highest BCUT2D eigenvalue weighted by Crippen LogP contribution is 2.49. The first-order valence-electron chi connectivity index (χ1n) is 9.54. The number of sulfonamides is 1. The van der Waals surface area contributed by atoms with Gasteiger partial charge >= 0.3 is 0 Å². The summed E-state index contributed by atoms with van der Waals surface area (Å²) < 4.78 is 57.6. The predicted molar refractivity (Wildman–Crippen MR) is 103 cm³/mol. The first kappa shape index (κ1) is 19.6. The van der Waals surface area contributed by atoms with E-state index in [-0.39, 0.29) is 31.2 Å². The van der Waals surface area contributed by atoms with Crippen LogP contribution in [0.4, 0.5) is 15.8 Å². The van der Waals surface area contributed by atoms with E-state index in [4.69, 9.17) is 14.2 Å². The Bertz CT molecular complexity index is 1090. The van der Waals surface area contributed by atoms with E-state index in [9.17, 15) is 17.6 Å². The van der Waals surface area contributed by atoms with Gasteiger partial charge in [0.2, 0.25) is 10.0 Å². The molecule has 2 aromatic carbocycles. The van der Waals surface area contributed by atoms with E-state index < -0.39 is 27.5 Å². The molecule has 0 bridgehead atoms. The van der Waals surface area contributed by atoms with Gasteiger partial charge in [-0.1, -0.05) is 0 Å². The SMILES string of the molecule is O=C1N(c2ccc(F)cc2)c2ccc(S(=O)(=O)N3CCOCC3)cc2C12OCCO2. The lowest BCUT2D eigenvalue weighted by Gasteiger charge is -2.26. The Morgan fingerprint density at radius 1 is 0.933 bits per heavy atom. The van der Waals surface area contributed by atoms with Crippen LogP contribution in [0.2, 0.25) is 0 Å². The molecule has 8 nitrogen and oxygen atoms in total. The van der Waals surface area contributed by atoms with Gasteiger partial charge in [-0.15, -0.1) is 0 Å². The second kappa shape index (κ2) is 7.10. The van der Waals surface area contributed by atoms with Crippen LogP contribution in [0.15, 0.2) is 47.4 Å². The molecule has 0 aromatic heterocycles. The van der Waals surface area contributed by atoms with Crippen molar-refractivity contribution >= 4 is 27.3 Å². The topological polar surface area (TPSA) is 85.4 Å². The minimum Gasteiger partial charge on any atom is -0.379 e. The lowest BCUT2D eigenvalue weighted by Crippen LogP contribution is -2.41.